The first-order valence-corrected chi connectivity index (χ1v) is 11.9. The van der Waals surface area contributed by atoms with Gasteiger partial charge in [-0.3, -0.25) is 4.79 Å². The molecule has 1 amide bonds. The number of likely N-dealkylation sites (N-methyl/N-ethyl adjacent to an activating group) is 1. The van der Waals surface area contributed by atoms with Crippen LogP contribution in [0, 0.1) is 0 Å². The second-order valence-corrected chi connectivity index (χ2v) is 8.80. The van der Waals surface area contributed by atoms with Crippen molar-refractivity contribution >= 4 is 40.4 Å². The highest BCUT2D eigenvalue weighted by Gasteiger charge is 2.30. The second kappa shape index (κ2) is 14.3. The van der Waals surface area contributed by atoms with Crippen molar-refractivity contribution in [3.63, 3.8) is 0 Å². The number of rotatable bonds is 14. The molecule has 2 N–H and O–H groups in total. The lowest BCUT2D eigenvalue weighted by molar-refractivity contribution is -0.137. The van der Waals surface area contributed by atoms with E-state index < -0.39 is 11.7 Å². The fraction of sp³-hybridized carbons (Fsp3) is 0.435. The molecule has 0 aliphatic heterocycles. The van der Waals surface area contributed by atoms with Crippen molar-refractivity contribution in [3.8, 4) is 0 Å². The van der Waals surface area contributed by atoms with Crippen LogP contribution in [0.3, 0.4) is 0 Å². The highest BCUT2D eigenvalue weighted by Crippen LogP contribution is 2.29. The summed E-state index contributed by atoms with van der Waals surface area (Å²) in [6.07, 6.45) is 3.80. The molecule has 1 atom stereocenters. The Kier molecular flexibility index (Phi) is 11.5. The summed E-state index contributed by atoms with van der Waals surface area (Å²) in [7, 11) is 2.05. The predicted octanol–water partition coefficient (Wildman–Crippen LogP) is 4.88. The van der Waals surface area contributed by atoms with Crippen molar-refractivity contribution < 1.29 is 18.0 Å². The minimum atomic E-state index is -4.40. The van der Waals surface area contributed by atoms with Gasteiger partial charge in [0.05, 0.1) is 12.0 Å². The van der Waals surface area contributed by atoms with E-state index in [0.717, 1.165) is 44.5 Å². The van der Waals surface area contributed by atoms with Gasteiger partial charge in [-0.2, -0.15) is 23.4 Å². The molecule has 1 aromatic heterocycles. The molecule has 12 heteroatoms. The Bertz CT molecular complexity index is 990. The molecule has 0 bridgehead atoms. The summed E-state index contributed by atoms with van der Waals surface area (Å²) in [5, 5.41) is 22.1. The number of halogens is 3. The molecule has 0 fully saturated rings. The van der Waals surface area contributed by atoms with Gasteiger partial charge in [-0.25, -0.2) is 0 Å². The van der Waals surface area contributed by atoms with Crippen molar-refractivity contribution in [2.45, 2.75) is 44.8 Å². The van der Waals surface area contributed by atoms with Crippen molar-refractivity contribution in [2.24, 2.45) is 10.2 Å². The lowest BCUT2D eigenvalue weighted by atomic mass is 10.1. The van der Waals surface area contributed by atoms with Crippen LogP contribution in [0.5, 0.6) is 0 Å². The maximum atomic E-state index is 12.7. The van der Waals surface area contributed by atoms with Gasteiger partial charge in [-0.1, -0.05) is 36.5 Å². The number of nitrogens with one attached hydrogen (secondary N) is 2. The number of allylic oxidation sites excluding steroid dienone is 1. The zero-order chi connectivity index (χ0) is 25.7. The number of benzene rings is 1. The van der Waals surface area contributed by atoms with E-state index in [2.05, 4.69) is 49.6 Å². The van der Waals surface area contributed by atoms with Crippen LogP contribution in [0.1, 0.15) is 37.3 Å². The molecule has 2 aromatic rings. The van der Waals surface area contributed by atoms with Crippen LogP contribution < -0.4 is 10.6 Å². The first-order valence-electron chi connectivity index (χ1n) is 11.1. The Morgan fingerprint density at radius 3 is 2.63 bits per heavy atom. The van der Waals surface area contributed by atoms with Gasteiger partial charge in [0.15, 0.2) is 0 Å². The van der Waals surface area contributed by atoms with E-state index >= 15 is 0 Å². The normalized spacial score (nSPS) is 13.0. The topological polar surface area (TPSA) is 94.9 Å². The fourth-order valence-corrected chi connectivity index (χ4v) is 3.87. The number of amides is 1. The van der Waals surface area contributed by atoms with E-state index in [1.165, 1.54) is 23.5 Å². The summed E-state index contributed by atoms with van der Waals surface area (Å²) in [5.74, 6) is -0.372. The molecule has 0 aliphatic carbocycles. The molecule has 1 heterocycles. The number of anilines is 2. The largest absolute Gasteiger partial charge is 0.416 e. The first-order chi connectivity index (χ1) is 16.7. The molecule has 0 saturated heterocycles. The molecule has 1 aromatic carbocycles. The van der Waals surface area contributed by atoms with Gasteiger partial charge in [0.1, 0.15) is 0 Å². The lowest BCUT2D eigenvalue weighted by Gasteiger charge is -2.18. The van der Waals surface area contributed by atoms with Crippen LogP contribution in [-0.4, -0.2) is 60.1 Å². The Balaban J connectivity index is 1.76. The maximum absolute atomic E-state index is 12.7. The van der Waals surface area contributed by atoms with E-state index in [-0.39, 0.29) is 18.4 Å². The number of hydrogen-bond donors (Lipinski definition) is 2. The smallest absolute Gasteiger partial charge is 0.357 e. The average Bonchev–Trinajstić information content (AvgIpc) is 3.24. The van der Waals surface area contributed by atoms with Crippen molar-refractivity contribution in [1.29, 1.82) is 0 Å². The monoisotopic (exact) mass is 509 g/mol. The number of carbonyl (C=O) groups excluding carboxylic acids is 1. The van der Waals surface area contributed by atoms with Gasteiger partial charge < -0.3 is 15.5 Å². The Labute approximate surface area is 207 Å². The minimum absolute atomic E-state index is 0.0568. The molecule has 0 spiro atoms. The average molecular weight is 510 g/mol. The Hall–Kier alpha value is -3.12. The van der Waals surface area contributed by atoms with Crippen LogP contribution in [0.25, 0.3) is 0 Å². The molecule has 0 aliphatic rings. The molecule has 35 heavy (non-hydrogen) atoms. The van der Waals surface area contributed by atoms with Gasteiger partial charge in [0.2, 0.25) is 16.2 Å². The summed E-state index contributed by atoms with van der Waals surface area (Å²) >= 11 is 1.22. The van der Waals surface area contributed by atoms with Gasteiger partial charge >= 0.3 is 6.18 Å². The standard InChI is InChI=1S/C23H30F3N7OS/c1-4-19(8-7-15-33(3)14-6-5-13-28-27-2)29-21-31-32-22(35-21)30-20(34)16-17-9-11-18(12-10-17)23(24,25)26/h5-6,9-13,19H,2,4,7-8,14-16H2,1,3H3,(H,29,31)(H,30,32,34)/b6-5-,28-13-. The summed E-state index contributed by atoms with van der Waals surface area (Å²) in [6, 6.07) is 4.74. The summed E-state index contributed by atoms with van der Waals surface area (Å²) in [4.78, 5) is 14.4. The number of aromatic nitrogens is 2. The molecule has 0 radical (unpaired) electrons. The predicted molar refractivity (Wildman–Crippen MR) is 135 cm³/mol. The third kappa shape index (κ3) is 10.8. The van der Waals surface area contributed by atoms with E-state index in [0.29, 0.717) is 15.8 Å². The van der Waals surface area contributed by atoms with Gasteiger partial charge in [-0.15, -0.1) is 10.2 Å². The Morgan fingerprint density at radius 2 is 1.97 bits per heavy atom. The third-order valence-electron chi connectivity index (χ3n) is 5.02. The third-order valence-corrected chi connectivity index (χ3v) is 5.79. The van der Waals surface area contributed by atoms with E-state index in [9.17, 15) is 18.0 Å². The number of alkyl halides is 3. The minimum Gasteiger partial charge on any atom is -0.357 e. The molecular formula is C23H30F3N7OS. The quantitative estimate of drug-likeness (QED) is 0.280. The van der Waals surface area contributed by atoms with Gasteiger partial charge in [-0.05, 0) is 56.6 Å². The van der Waals surface area contributed by atoms with Crippen LogP contribution in [0.15, 0.2) is 46.6 Å². The highest BCUT2D eigenvalue weighted by atomic mass is 32.1. The van der Waals surface area contributed by atoms with Crippen LogP contribution in [0.4, 0.5) is 23.4 Å². The zero-order valence-electron chi connectivity index (χ0n) is 19.8. The van der Waals surface area contributed by atoms with Crippen molar-refractivity contribution in [2.75, 3.05) is 30.8 Å². The van der Waals surface area contributed by atoms with Crippen molar-refractivity contribution in [3.05, 3.63) is 47.5 Å². The number of carbonyl (C=O) groups is 1. The Morgan fingerprint density at radius 1 is 1.26 bits per heavy atom. The maximum Gasteiger partial charge on any atom is 0.416 e. The number of nitrogens with zero attached hydrogens (tertiary/aromatic N) is 5. The van der Waals surface area contributed by atoms with Crippen LogP contribution >= 0.6 is 11.3 Å². The van der Waals surface area contributed by atoms with Crippen molar-refractivity contribution in [1.82, 2.24) is 15.1 Å². The highest BCUT2D eigenvalue weighted by molar-refractivity contribution is 7.19. The molecule has 2 rings (SSSR count). The first kappa shape index (κ1) is 28.1. The number of hydrogen-bond acceptors (Lipinski definition) is 8. The van der Waals surface area contributed by atoms with Crippen LogP contribution in [-0.2, 0) is 17.4 Å². The van der Waals surface area contributed by atoms with Gasteiger partial charge in [0.25, 0.3) is 0 Å². The van der Waals surface area contributed by atoms with Gasteiger partial charge in [0, 0.05) is 25.5 Å². The summed E-state index contributed by atoms with van der Waals surface area (Å²) in [6.45, 7) is 7.10. The molecule has 190 valence electrons. The lowest BCUT2D eigenvalue weighted by Crippen LogP contribution is -2.23. The molecule has 0 saturated carbocycles. The zero-order valence-corrected chi connectivity index (χ0v) is 20.6. The molecular weight excluding hydrogens is 479 g/mol. The fourth-order valence-electron chi connectivity index (χ4n) is 3.13. The second-order valence-electron chi connectivity index (χ2n) is 7.82. The summed E-state index contributed by atoms with van der Waals surface area (Å²) in [5.41, 5.74) is -0.269. The SMILES string of the molecule is C=N/N=C\C=C/CN(C)CCCC(CC)Nc1nnc(NC(=O)Cc2ccc(C(F)(F)F)cc2)s1. The van der Waals surface area contributed by atoms with E-state index in [1.807, 2.05) is 19.2 Å². The molecule has 8 nitrogen and oxygen atoms in total. The van der Waals surface area contributed by atoms with E-state index in [4.69, 9.17) is 0 Å². The summed E-state index contributed by atoms with van der Waals surface area (Å²) < 4.78 is 38.0. The molecule has 1 unspecified atom stereocenters. The van der Waals surface area contributed by atoms with E-state index in [1.54, 1.807) is 6.21 Å². The van der Waals surface area contributed by atoms with Crippen LogP contribution in [0.2, 0.25) is 0 Å².